The number of nitrogen functional groups attached to an aromatic ring is 1. The van der Waals surface area contributed by atoms with Crippen LogP contribution in [0.15, 0.2) is 78.9 Å². The molecule has 2 amide bonds. The molecule has 0 bridgehead atoms. The van der Waals surface area contributed by atoms with Gasteiger partial charge in [0.25, 0.3) is 0 Å². The van der Waals surface area contributed by atoms with Crippen LogP contribution in [0, 0.1) is 5.41 Å². The van der Waals surface area contributed by atoms with Crippen molar-refractivity contribution in [1.29, 1.82) is 0 Å². The summed E-state index contributed by atoms with van der Waals surface area (Å²) in [7, 11) is 0. The van der Waals surface area contributed by atoms with E-state index in [1.54, 1.807) is 60.7 Å². The molecule has 0 saturated carbocycles. The highest BCUT2D eigenvalue weighted by Crippen LogP contribution is 2.41. The number of hydrogen-bond donors (Lipinski definition) is 4. The zero-order valence-corrected chi connectivity index (χ0v) is 23.1. The minimum Gasteiger partial charge on any atom is -0.491 e. The van der Waals surface area contributed by atoms with Crippen molar-refractivity contribution in [3.63, 3.8) is 0 Å². The summed E-state index contributed by atoms with van der Waals surface area (Å²) in [5.74, 6) is 1.47. The Bertz CT molecular complexity index is 1370. The summed E-state index contributed by atoms with van der Waals surface area (Å²) in [5, 5.41) is 14.6. The van der Waals surface area contributed by atoms with Crippen LogP contribution in [0.3, 0.4) is 0 Å². The summed E-state index contributed by atoms with van der Waals surface area (Å²) in [6.45, 7) is 4.22. The van der Waals surface area contributed by atoms with Crippen molar-refractivity contribution >= 4 is 29.1 Å². The van der Waals surface area contributed by atoms with Gasteiger partial charge >= 0.3 is 6.09 Å². The number of amides is 2. The van der Waals surface area contributed by atoms with Gasteiger partial charge in [-0.3, -0.25) is 10.1 Å². The Kier molecular flexibility index (Phi) is 9.70. The van der Waals surface area contributed by atoms with E-state index in [9.17, 15) is 9.59 Å². The predicted octanol–water partition coefficient (Wildman–Crippen LogP) is 5.66. The van der Waals surface area contributed by atoms with Crippen molar-refractivity contribution in [2.45, 2.75) is 32.8 Å². The number of nitrogens with one attached hydrogen (secondary N) is 2. The van der Waals surface area contributed by atoms with Gasteiger partial charge in [-0.15, -0.1) is 0 Å². The maximum Gasteiger partial charge on any atom is 0.412 e. The van der Waals surface area contributed by atoms with Gasteiger partial charge < -0.3 is 35.1 Å². The number of hydrogen-bond acceptors (Lipinski definition) is 8. The van der Waals surface area contributed by atoms with Gasteiger partial charge in [-0.2, -0.15) is 0 Å². The molecule has 3 aromatic rings. The molecule has 216 valence electrons. The molecular formula is C31H35N3O7. The van der Waals surface area contributed by atoms with Crippen LogP contribution in [0.2, 0.25) is 0 Å². The van der Waals surface area contributed by atoms with Gasteiger partial charge in [0, 0.05) is 17.2 Å². The van der Waals surface area contributed by atoms with Crippen molar-refractivity contribution in [2.75, 3.05) is 36.4 Å². The van der Waals surface area contributed by atoms with Crippen LogP contribution >= 0.6 is 0 Å². The third-order valence-corrected chi connectivity index (χ3v) is 6.54. The average Bonchev–Trinajstić information content (AvgIpc) is 3.42. The fourth-order valence-electron chi connectivity index (χ4n) is 4.37. The number of aliphatic hydroxyl groups is 1. The number of nitrogens with two attached hydrogens (primary N) is 1. The average molecular weight is 562 g/mol. The lowest BCUT2D eigenvalue weighted by atomic mass is 9.78. The van der Waals surface area contributed by atoms with E-state index in [2.05, 4.69) is 10.6 Å². The maximum atomic E-state index is 13.0. The van der Waals surface area contributed by atoms with Gasteiger partial charge in [-0.1, -0.05) is 44.2 Å². The fourth-order valence-corrected chi connectivity index (χ4v) is 4.37. The molecular weight excluding hydrogens is 526 g/mol. The van der Waals surface area contributed by atoms with Crippen molar-refractivity contribution in [1.82, 2.24) is 0 Å². The molecule has 0 unspecified atom stereocenters. The van der Waals surface area contributed by atoms with Crippen LogP contribution < -0.4 is 30.6 Å². The fraction of sp³-hybridized carbons (Fsp3) is 0.290. The first kappa shape index (κ1) is 29.3. The summed E-state index contributed by atoms with van der Waals surface area (Å²) >= 11 is 0. The van der Waals surface area contributed by atoms with Crippen molar-refractivity contribution < 1.29 is 33.6 Å². The Morgan fingerprint density at radius 1 is 1.05 bits per heavy atom. The highest BCUT2D eigenvalue weighted by Gasteiger charge is 2.34. The number of benzene rings is 3. The molecule has 1 aliphatic heterocycles. The van der Waals surface area contributed by atoms with E-state index in [-0.39, 0.29) is 25.9 Å². The zero-order chi connectivity index (χ0) is 29.2. The first-order valence-corrected chi connectivity index (χ1v) is 13.3. The molecule has 1 atom stereocenters. The maximum absolute atomic E-state index is 13.0. The van der Waals surface area contributed by atoms with E-state index in [4.69, 9.17) is 29.8 Å². The second-order valence-electron chi connectivity index (χ2n) is 10.1. The second-order valence-corrected chi connectivity index (χ2v) is 10.1. The van der Waals surface area contributed by atoms with Crippen molar-refractivity contribution in [3.8, 4) is 17.2 Å². The van der Waals surface area contributed by atoms with Gasteiger partial charge in [0.05, 0.1) is 18.0 Å². The Labute approximate surface area is 239 Å². The van der Waals surface area contributed by atoms with Gasteiger partial charge in [0.15, 0.2) is 11.5 Å². The first-order valence-electron chi connectivity index (χ1n) is 13.3. The van der Waals surface area contributed by atoms with Crippen molar-refractivity contribution in [3.05, 3.63) is 84.4 Å². The van der Waals surface area contributed by atoms with E-state index in [1.165, 1.54) is 6.08 Å². The molecule has 0 spiro atoms. The number of ether oxygens (including phenoxy) is 4. The lowest BCUT2D eigenvalue weighted by Crippen LogP contribution is -2.29. The predicted molar refractivity (Wildman–Crippen MR) is 156 cm³/mol. The number of para-hydroxylation sites is 2. The summed E-state index contributed by atoms with van der Waals surface area (Å²) in [6, 6.07) is 19.4. The summed E-state index contributed by atoms with van der Waals surface area (Å²) in [5.41, 5.74) is 7.70. The molecule has 5 N–H and O–H groups in total. The summed E-state index contributed by atoms with van der Waals surface area (Å²) < 4.78 is 22.2. The van der Waals surface area contributed by atoms with Gasteiger partial charge in [0.2, 0.25) is 12.7 Å². The van der Waals surface area contributed by atoms with E-state index >= 15 is 0 Å². The Morgan fingerprint density at radius 2 is 1.80 bits per heavy atom. The third-order valence-electron chi connectivity index (χ3n) is 6.54. The molecule has 0 radical (unpaired) electrons. The molecule has 4 rings (SSSR count). The molecule has 0 fully saturated rings. The molecule has 10 nitrogen and oxygen atoms in total. The Morgan fingerprint density at radius 3 is 2.56 bits per heavy atom. The number of carbonyl (C=O) groups excluding carboxylic acids is 2. The zero-order valence-electron chi connectivity index (χ0n) is 23.1. The molecule has 3 aromatic carbocycles. The number of allylic oxidation sites excluding steroid dienone is 1. The van der Waals surface area contributed by atoms with E-state index in [1.807, 2.05) is 26.0 Å². The van der Waals surface area contributed by atoms with Crippen LogP contribution in [0.25, 0.3) is 0 Å². The van der Waals surface area contributed by atoms with Gasteiger partial charge in [-0.05, 0) is 60.9 Å². The summed E-state index contributed by atoms with van der Waals surface area (Å²) in [4.78, 5) is 25.4. The van der Waals surface area contributed by atoms with Gasteiger partial charge in [0.1, 0.15) is 18.5 Å². The Balaban J connectivity index is 1.43. The van der Waals surface area contributed by atoms with Crippen LogP contribution in [0.1, 0.15) is 38.4 Å². The van der Waals surface area contributed by atoms with Crippen LogP contribution in [-0.2, 0) is 9.53 Å². The van der Waals surface area contributed by atoms with Crippen molar-refractivity contribution in [2.24, 2.45) is 5.41 Å². The van der Waals surface area contributed by atoms with Crippen LogP contribution in [0.5, 0.6) is 17.2 Å². The standard InChI is InChI=1S/C31H35N3O7/c1-31(2,16-6-5-9-28(36)34-25-8-4-3-7-24(25)32)29(21-10-13-23(14-11-21)38-18-17-35)41-30(37)33-22-12-15-26-27(19-22)40-20-39-26/h3-5,7-15,19,29,35H,6,16-18,20,32H2,1-2H3,(H,33,37)(H,34,36)/b9-5+/t29-/m0/s1. The molecule has 1 heterocycles. The number of fused-ring (bicyclic) bond motifs is 1. The smallest absolute Gasteiger partial charge is 0.412 e. The molecule has 10 heteroatoms. The van der Waals surface area contributed by atoms with E-state index in [0.717, 1.165) is 5.56 Å². The monoisotopic (exact) mass is 561 g/mol. The SMILES string of the molecule is CC(C)(CC/C=C/C(=O)Nc1ccccc1N)[C@@H](OC(=O)Nc1ccc2c(c1)OCO2)c1ccc(OCCO)cc1. The normalized spacial score (nSPS) is 13.0. The lowest BCUT2D eigenvalue weighted by molar-refractivity contribution is -0.111. The Hall–Kier alpha value is -4.70. The topological polar surface area (TPSA) is 141 Å². The van der Waals surface area contributed by atoms with E-state index < -0.39 is 17.6 Å². The number of rotatable bonds is 12. The molecule has 0 aliphatic carbocycles. The summed E-state index contributed by atoms with van der Waals surface area (Å²) in [6.07, 6.45) is 3.16. The lowest BCUT2D eigenvalue weighted by Gasteiger charge is -2.34. The number of aliphatic hydroxyl groups excluding tert-OH is 1. The van der Waals surface area contributed by atoms with Crippen LogP contribution in [-0.4, -0.2) is 37.1 Å². The highest BCUT2D eigenvalue weighted by molar-refractivity contribution is 6.01. The minimum atomic E-state index is -0.630. The largest absolute Gasteiger partial charge is 0.491 e. The molecule has 41 heavy (non-hydrogen) atoms. The molecule has 0 saturated heterocycles. The highest BCUT2D eigenvalue weighted by atomic mass is 16.7. The van der Waals surface area contributed by atoms with E-state index in [0.29, 0.717) is 47.2 Å². The number of anilines is 3. The van der Waals surface area contributed by atoms with Crippen LogP contribution in [0.4, 0.5) is 21.9 Å². The first-order chi connectivity index (χ1) is 19.7. The third kappa shape index (κ3) is 8.15. The quantitative estimate of drug-likeness (QED) is 0.164. The molecule has 0 aromatic heterocycles. The minimum absolute atomic E-state index is 0.0924. The van der Waals surface area contributed by atoms with Gasteiger partial charge in [-0.25, -0.2) is 4.79 Å². The molecule has 1 aliphatic rings. The second kappa shape index (κ2) is 13.6. The number of carbonyl (C=O) groups is 2.